The summed E-state index contributed by atoms with van der Waals surface area (Å²) in [4.78, 5) is 28.1. The van der Waals surface area contributed by atoms with Crippen LogP contribution in [0.25, 0.3) is 5.70 Å². The van der Waals surface area contributed by atoms with E-state index < -0.39 is 17.4 Å². The van der Waals surface area contributed by atoms with E-state index in [2.05, 4.69) is 4.99 Å². The van der Waals surface area contributed by atoms with Crippen molar-refractivity contribution in [3.8, 4) is 0 Å². The topological polar surface area (TPSA) is 72.5 Å². The van der Waals surface area contributed by atoms with E-state index in [1.54, 1.807) is 0 Å². The van der Waals surface area contributed by atoms with Crippen LogP contribution in [0.3, 0.4) is 0 Å². The number of nitrogens with zero attached hydrogens (tertiary/aromatic N) is 1. The number of carbonyl (C=O) groups excluding carboxylic acids is 2. The highest BCUT2D eigenvalue weighted by atomic mass is 19.1. The molecule has 20 heavy (non-hydrogen) atoms. The summed E-state index contributed by atoms with van der Waals surface area (Å²) >= 11 is 0. The lowest BCUT2D eigenvalue weighted by atomic mass is 9.90. The molecule has 5 heteroatoms. The number of aliphatic imine (C=N–C) groups is 1. The van der Waals surface area contributed by atoms with Gasteiger partial charge in [-0.25, -0.2) is 4.39 Å². The molecule has 0 amide bonds. The molecule has 0 atom stereocenters. The van der Waals surface area contributed by atoms with Crippen molar-refractivity contribution < 1.29 is 14.0 Å². The second-order valence-electron chi connectivity index (χ2n) is 5.02. The quantitative estimate of drug-likeness (QED) is 0.664. The van der Waals surface area contributed by atoms with Gasteiger partial charge in [-0.1, -0.05) is 13.8 Å². The van der Waals surface area contributed by atoms with Crippen LogP contribution >= 0.6 is 0 Å². The molecule has 104 valence electrons. The fourth-order valence-electron chi connectivity index (χ4n) is 1.83. The number of hydrogen-bond donors (Lipinski definition) is 1. The summed E-state index contributed by atoms with van der Waals surface area (Å²) in [6.45, 7) is 5.73. The molecule has 0 unspecified atom stereocenters. The summed E-state index contributed by atoms with van der Waals surface area (Å²) in [5.74, 6) is -2.03. The molecule has 0 heterocycles. The van der Waals surface area contributed by atoms with E-state index >= 15 is 0 Å². The SMILES string of the molecule is CC(=NC1=C(N)C(=O)C(=O)c2cc(F)ccc21)C(C)C. The molecule has 0 radical (unpaired) electrons. The zero-order valence-corrected chi connectivity index (χ0v) is 11.5. The van der Waals surface area contributed by atoms with Crippen LogP contribution in [0.1, 0.15) is 36.7 Å². The molecular formula is C15H15FN2O2. The molecule has 0 spiro atoms. The largest absolute Gasteiger partial charge is 0.394 e. The second-order valence-corrected chi connectivity index (χ2v) is 5.02. The van der Waals surface area contributed by atoms with E-state index in [0.717, 1.165) is 11.8 Å². The molecule has 0 aliphatic heterocycles. The molecule has 0 bridgehead atoms. The number of Topliss-reactive ketones (excluding diaryl/α,β-unsaturated/α-hetero) is 2. The second kappa shape index (κ2) is 5.00. The molecule has 4 nitrogen and oxygen atoms in total. The van der Waals surface area contributed by atoms with Gasteiger partial charge in [0.05, 0.1) is 5.70 Å². The van der Waals surface area contributed by atoms with Crippen molar-refractivity contribution in [3.05, 3.63) is 40.8 Å². The molecule has 1 aliphatic rings. The standard InChI is InChI=1S/C15H15FN2O2/c1-7(2)8(3)18-13-10-5-4-9(16)6-11(10)14(19)15(20)12(13)17/h4-7H,17H2,1-3H3. The molecule has 1 aliphatic carbocycles. The number of nitrogens with two attached hydrogens (primary N) is 1. The average molecular weight is 274 g/mol. The normalized spacial score (nSPS) is 15.9. The van der Waals surface area contributed by atoms with Crippen LogP contribution in [-0.2, 0) is 4.79 Å². The maximum Gasteiger partial charge on any atom is 0.251 e. The van der Waals surface area contributed by atoms with Crippen LogP contribution in [-0.4, -0.2) is 17.3 Å². The van der Waals surface area contributed by atoms with Gasteiger partial charge in [-0.05, 0) is 31.0 Å². The third kappa shape index (κ3) is 2.27. The van der Waals surface area contributed by atoms with Crippen molar-refractivity contribution in [2.45, 2.75) is 20.8 Å². The molecule has 2 N–H and O–H groups in total. The first-order chi connectivity index (χ1) is 9.32. The van der Waals surface area contributed by atoms with Crippen LogP contribution in [0, 0.1) is 11.7 Å². The Morgan fingerprint density at radius 3 is 2.45 bits per heavy atom. The molecule has 2 rings (SSSR count). The lowest BCUT2D eigenvalue weighted by molar-refractivity contribution is -0.111. The van der Waals surface area contributed by atoms with Crippen molar-refractivity contribution in [1.29, 1.82) is 0 Å². The summed E-state index contributed by atoms with van der Waals surface area (Å²) < 4.78 is 13.3. The highest BCUT2D eigenvalue weighted by Gasteiger charge is 2.31. The van der Waals surface area contributed by atoms with Gasteiger partial charge in [-0.2, -0.15) is 0 Å². The van der Waals surface area contributed by atoms with E-state index in [1.807, 2.05) is 20.8 Å². The van der Waals surface area contributed by atoms with Crippen molar-refractivity contribution in [2.75, 3.05) is 0 Å². The minimum Gasteiger partial charge on any atom is -0.394 e. The Balaban J connectivity index is 2.70. The summed E-state index contributed by atoms with van der Waals surface area (Å²) in [7, 11) is 0. The van der Waals surface area contributed by atoms with Gasteiger partial charge in [0.15, 0.2) is 0 Å². The number of allylic oxidation sites excluding steroid dienone is 1. The summed E-state index contributed by atoms with van der Waals surface area (Å²) in [5, 5.41) is 0. The van der Waals surface area contributed by atoms with E-state index in [1.165, 1.54) is 12.1 Å². The van der Waals surface area contributed by atoms with E-state index in [0.29, 0.717) is 5.56 Å². The van der Waals surface area contributed by atoms with Gasteiger partial charge in [-0.3, -0.25) is 14.6 Å². The van der Waals surface area contributed by atoms with Crippen molar-refractivity contribution >= 4 is 23.0 Å². The minimum absolute atomic E-state index is 0.0134. The Kier molecular flexibility index (Phi) is 3.53. The van der Waals surface area contributed by atoms with Gasteiger partial charge >= 0.3 is 0 Å². The van der Waals surface area contributed by atoms with Gasteiger partial charge in [0, 0.05) is 16.8 Å². The Morgan fingerprint density at radius 1 is 1.20 bits per heavy atom. The van der Waals surface area contributed by atoms with E-state index in [4.69, 9.17) is 5.73 Å². The van der Waals surface area contributed by atoms with Crippen molar-refractivity contribution in [1.82, 2.24) is 0 Å². The third-order valence-electron chi connectivity index (χ3n) is 3.31. The van der Waals surface area contributed by atoms with E-state index in [9.17, 15) is 14.0 Å². The summed E-state index contributed by atoms with van der Waals surface area (Å²) in [6, 6.07) is 3.69. The number of hydrogen-bond acceptors (Lipinski definition) is 4. The van der Waals surface area contributed by atoms with Gasteiger partial charge in [0.25, 0.3) is 5.78 Å². The number of fused-ring (bicyclic) bond motifs is 1. The molecule has 1 aromatic carbocycles. The number of halogens is 1. The van der Waals surface area contributed by atoms with Crippen LogP contribution < -0.4 is 5.73 Å². The maximum atomic E-state index is 13.3. The zero-order chi connectivity index (χ0) is 15.0. The number of rotatable bonds is 2. The predicted octanol–water partition coefficient (Wildman–Crippen LogP) is 2.34. The molecule has 0 aromatic heterocycles. The highest BCUT2D eigenvalue weighted by molar-refractivity contribution is 6.52. The van der Waals surface area contributed by atoms with Crippen molar-refractivity contribution in [2.24, 2.45) is 16.6 Å². The fraction of sp³-hybridized carbons (Fsp3) is 0.267. The average Bonchev–Trinajstić information content (AvgIpc) is 2.41. The third-order valence-corrected chi connectivity index (χ3v) is 3.31. The first-order valence-electron chi connectivity index (χ1n) is 6.26. The Bertz CT molecular complexity index is 672. The monoisotopic (exact) mass is 274 g/mol. The first kappa shape index (κ1) is 14.1. The predicted molar refractivity (Wildman–Crippen MR) is 74.8 cm³/mol. The first-order valence-corrected chi connectivity index (χ1v) is 6.26. The summed E-state index contributed by atoms with van der Waals surface area (Å²) in [5.41, 5.74) is 6.97. The number of benzene rings is 1. The number of ketones is 2. The van der Waals surface area contributed by atoms with Crippen LogP contribution in [0.5, 0.6) is 0 Å². The van der Waals surface area contributed by atoms with Gasteiger partial charge in [0.2, 0.25) is 5.78 Å². The smallest absolute Gasteiger partial charge is 0.251 e. The zero-order valence-electron chi connectivity index (χ0n) is 11.5. The Labute approximate surface area is 116 Å². The summed E-state index contributed by atoms with van der Waals surface area (Å²) in [6.07, 6.45) is 0. The minimum atomic E-state index is -0.835. The Hall–Kier alpha value is -2.30. The van der Waals surface area contributed by atoms with Gasteiger partial charge in [0.1, 0.15) is 11.5 Å². The molecule has 1 aromatic rings. The van der Waals surface area contributed by atoms with Crippen molar-refractivity contribution in [3.63, 3.8) is 0 Å². The lowest BCUT2D eigenvalue weighted by Crippen LogP contribution is -2.28. The molecule has 0 fully saturated rings. The van der Waals surface area contributed by atoms with Crippen LogP contribution in [0.2, 0.25) is 0 Å². The number of carbonyl (C=O) groups is 2. The molecule has 0 saturated heterocycles. The highest BCUT2D eigenvalue weighted by Crippen LogP contribution is 2.29. The van der Waals surface area contributed by atoms with Gasteiger partial charge < -0.3 is 5.73 Å². The van der Waals surface area contributed by atoms with Gasteiger partial charge in [-0.15, -0.1) is 0 Å². The Morgan fingerprint density at radius 2 is 1.85 bits per heavy atom. The lowest BCUT2D eigenvalue weighted by Gasteiger charge is -2.17. The van der Waals surface area contributed by atoms with E-state index in [-0.39, 0.29) is 22.9 Å². The maximum absolute atomic E-state index is 13.3. The van der Waals surface area contributed by atoms with Crippen LogP contribution in [0.15, 0.2) is 28.9 Å². The molecule has 0 saturated carbocycles. The fourth-order valence-corrected chi connectivity index (χ4v) is 1.83. The molecular weight excluding hydrogens is 259 g/mol. The van der Waals surface area contributed by atoms with Crippen LogP contribution in [0.4, 0.5) is 4.39 Å².